The first-order valence-electron chi connectivity index (χ1n) is 9.39. The van der Waals surface area contributed by atoms with E-state index < -0.39 is 40.5 Å². The number of nitrogens with one attached hydrogen (secondary N) is 2. The number of carbonyl (C=O) groups excluding carboxylic acids is 1. The third-order valence-electron chi connectivity index (χ3n) is 4.46. The highest BCUT2D eigenvalue weighted by Gasteiger charge is 2.33. The predicted octanol–water partition coefficient (Wildman–Crippen LogP) is 5.43. The smallest absolute Gasteiger partial charge is 0.417 e. The standard InChI is InChI=1S/C22H17ClF4N2O3/c1-2-32-19-8-14(11-28-21(19)31)12-3-4-13(18(24)7-12)9-20(30)29-15-5-6-17(23)16(10-15)22(25,26)27/h3-8,10-11H,2,9H2,1H3,(H,28,31)(H,29,30). The molecular formula is C22H17ClF4N2O3. The van der Waals surface area contributed by atoms with Gasteiger partial charge >= 0.3 is 6.18 Å². The van der Waals surface area contributed by atoms with Gasteiger partial charge in [-0.15, -0.1) is 0 Å². The minimum absolute atomic E-state index is 0.0470. The maximum atomic E-state index is 14.6. The van der Waals surface area contributed by atoms with Crippen LogP contribution >= 0.6 is 11.6 Å². The highest BCUT2D eigenvalue weighted by atomic mass is 35.5. The van der Waals surface area contributed by atoms with Gasteiger partial charge in [0.05, 0.1) is 23.6 Å². The lowest BCUT2D eigenvalue weighted by molar-refractivity contribution is -0.137. The molecule has 1 aromatic heterocycles. The Morgan fingerprint density at radius 3 is 2.53 bits per heavy atom. The van der Waals surface area contributed by atoms with Crippen molar-refractivity contribution in [1.29, 1.82) is 0 Å². The van der Waals surface area contributed by atoms with E-state index in [-0.39, 0.29) is 23.6 Å². The van der Waals surface area contributed by atoms with Gasteiger partial charge in [0.1, 0.15) is 5.82 Å². The molecule has 3 aromatic rings. The van der Waals surface area contributed by atoms with Crippen LogP contribution in [0.2, 0.25) is 5.02 Å². The number of rotatable bonds is 6. The largest absolute Gasteiger partial charge is 0.488 e. The lowest BCUT2D eigenvalue weighted by Crippen LogP contribution is -2.16. The Morgan fingerprint density at radius 1 is 1.12 bits per heavy atom. The van der Waals surface area contributed by atoms with Crippen molar-refractivity contribution >= 4 is 23.2 Å². The van der Waals surface area contributed by atoms with Gasteiger partial charge in [-0.1, -0.05) is 23.7 Å². The third kappa shape index (κ3) is 5.47. The molecule has 0 atom stereocenters. The van der Waals surface area contributed by atoms with E-state index in [0.717, 1.165) is 6.07 Å². The van der Waals surface area contributed by atoms with Crippen molar-refractivity contribution < 1.29 is 27.1 Å². The molecule has 168 valence electrons. The average molecular weight is 469 g/mol. The van der Waals surface area contributed by atoms with Crippen molar-refractivity contribution in [3.05, 3.63) is 81.0 Å². The van der Waals surface area contributed by atoms with Crippen molar-refractivity contribution in [3.63, 3.8) is 0 Å². The van der Waals surface area contributed by atoms with Gasteiger partial charge in [0, 0.05) is 17.4 Å². The first kappa shape index (κ1) is 23.3. The van der Waals surface area contributed by atoms with Crippen LogP contribution in [0.15, 0.2) is 53.5 Å². The van der Waals surface area contributed by atoms with Crippen LogP contribution in [-0.4, -0.2) is 17.5 Å². The van der Waals surface area contributed by atoms with Crippen LogP contribution in [0, 0.1) is 5.82 Å². The lowest BCUT2D eigenvalue weighted by atomic mass is 10.0. The molecule has 0 saturated carbocycles. The summed E-state index contributed by atoms with van der Waals surface area (Å²) in [5, 5.41) is 1.82. The number of benzene rings is 2. The Hall–Kier alpha value is -3.33. The van der Waals surface area contributed by atoms with E-state index in [4.69, 9.17) is 16.3 Å². The number of aromatic nitrogens is 1. The van der Waals surface area contributed by atoms with Crippen molar-refractivity contribution in [3.8, 4) is 16.9 Å². The van der Waals surface area contributed by atoms with Crippen LogP contribution in [0.25, 0.3) is 11.1 Å². The number of hydrogen-bond acceptors (Lipinski definition) is 3. The molecule has 0 bridgehead atoms. The summed E-state index contributed by atoms with van der Waals surface area (Å²) in [4.78, 5) is 26.5. The summed E-state index contributed by atoms with van der Waals surface area (Å²) in [5.74, 6) is -1.29. The van der Waals surface area contributed by atoms with Gasteiger partial charge in [0.15, 0.2) is 5.75 Å². The Bertz CT molecular complexity index is 1210. The van der Waals surface area contributed by atoms with Crippen LogP contribution < -0.4 is 15.6 Å². The van der Waals surface area contributed by atoms with Crippen molar-refractivity contribution in [2.75, 3.05) is 11.9 Å². The van der Waals surface area contributed by atoms with Crippen molar-refractivity contribution in [1.82, 2.24) is 4.98 Å². The molecule has 3 rings (SSSR count). The molecular weight excluding hydrogens is 452 g/mol. The van der Waals surface area contributed by atoms with Gasteiger partial charge in [-0.05, 0) is 48.4 Å². The fourth-order valence-corrected chi connectivity index (χ4v) is 3.19. The summed E-state index contributed by atoms with van der Waals surface area (Å²) in [6.07, 6.45) is -3.67. The number of pyridine rings is 1. The number of carbonyl (C=O) groups is 1. The molecule has 0 radical (unpaired) electrons. The molecule has 0 fully saturated rings. The zero-order valence-corrected chi connectivity index (χ0v) is 17.4. The van der Waals surface area contributed by atoms with Gasteiger partial charge in [-0.3, -0.25) is 9.59 Å². The van der Waals surface area contributed by atoms with E-state index in [0.29, 0.717) is 17.2 Å². The number of aromatic amines is 1. The molecule has 0 unspecified atom stereocenters. The zero-order valence-electron chi connectivity index (χ0n) is 16.6. The molecule has 0 spiro atoms. The molecule has 10 heteroatoms. The fourth-order valence-electron chi connectivity index (χ4n) is 2.96. The van der Waals surface area contributed by atoms with Crippen molar-refractivity contribution in [2.45, 2.75) is 19.5 Å². The summed E-state index contributed by atoms with van der Waals surface area (Å²) < 4.78 is 58.7. The fraction of sp³-hybridized carbons (Fsp3) is 0.182. The molecule has 2 aromatic carbocycles. The van der Waals surface area contributed by atoms with E-state index in [1.165, 1.54) is 30.5 Å². The number of hydrogen-bond donors (Lipinski definition) is 2. The first-order chi connectivity index (χ1) is 15.1. The lowest BCUT2D eigenvalue weighted by Gasteiger charge is -2.12. The molecule has 0 aliphatic rings. The van der Waals surface area contributed by atoms with E-state index in [2.05, 4.69) is 10.3 Å². The second kappa shape index (κ2) is 9.44. The highest BCUT2D eigenvalue weighted by Crippen LogP contribution is 2.36. The molecule has 0 aliphatic heterocycles. The maximum Gasteiger partial charge on any atom is 0.417 e. The van der Waals surface area contributed by atoms with Crippen LogP contribution in [0.5, 0.6) is 5.75 Å². The second-order valence-corrected chi connectivity index (χ2v) is 7.15. The van der Waals surface area contributed by atoms with Crippen LogP contribution in [-0.2, 0) is 17.4 Å². The normalized spacial score (nSPS) is 11.3. The van der Waals surface area contributed by atoms with E-state index >= 15 is 0 Å². The topological polar surface area (TPSA) is 71.2 Å². The minimum Gasteiger partial charge on any atom is -0.488 e. The number of anilines is 1. The second-order valence-electron chi connectivity index (χ2n) is 6.74. The first-order valence-corrected chi connectivity index (χ1v) is 9.77. The summed E-state index contributed by atoms with van der Waals surface area (Å²) in [7, 11) is 0. The van der Waals surface area contributed by atoms with E-state index in [9.17, 15) is 27.2 Å². The number of halogens is 5. The summed E-state index contributed by atoms with van der Waals surface area (Å²) in [5.41, 5.74) is -0.619. The Labute approximate surface area is 185 Å². The SMILES string of the molecule is CCOc1cc(-c2ccc(CC(=O)Nc3ccc(Cl)c(C(F)(F)F)c3)c(F)c2)c[nH]c1=O. The van der Waals surface area contributed by atoms with Gasteiger partial charge in [-0.25, -0.2) is 4.39 Å². The van der Waals surface area contributed by atoms with Gasteiger partial charge < -0.3 is 15.0 Å². The number of alkyl halides is 3. The molecule has 1 amide bonds. The van der Waals surface area contributed by atoms with E-state index in [1.807, 2.05) is 0 Å². The molecule has 1 heterocycles. The zero-order chi connectivity index (χ0) is 23.5. The monoisotopic (exact) mass is 468 g/mol. The maximum absolute atomic E-state index is 14.6. The van der Waals surface area contributed by atoms with Gasteiger partial charge in [-0.2, -0.15) is 13.2 Å². The minimum atomic E-state index is -4.68. The predicted molar refractivity (Wildman–Crippen MR) is 112 cm³/mol. The summed E-state index contributed by atoms with van der Waals surface area (Å²) >= 11 is 5.56. The Kier molecular flexibility index (Phi) is 6.88. The average Bonchev–Trinajstić information content (AvgIpc) is 2.72. The van der Waals surface area contributed by atoms with E-state index in [1.54, 1.807) is 13.0 Å². The van der Waals surface area contributed by atoms with Crippen LogP contribution in [0.3, 0.4) is 0 Å². The van der Waals surface area contributed by atoms with Crippen LogP contribution in [0.4, 0.5) is 23.2 Å². The number of H-pyrrole nitrogens is 1. The number of ether oxygens (including phenoxy) is 1. The quantitative estimate of drug-likeness (QED) is 0.474. The molecule has 2 N–H and O–H groups in total. The van der Waals surface area contributed by atoms with Gasteiger partial charge in [0.25, 0.3) is 5.56 Å². The molecule has 32 heavy (non-hydrogen) atoms. The third-order valence-corrected chi connectivity index (χ3v) is 4.79. The summed E-state index contributed by atoms with van der Waals surface area (Å²) in [6, 6.07) is 8.57. The highest BCUT2D eigenvalue weighted by molar-refractivity contribution is 6.31. The molecule has 0 aliphatic carbocycles. The number of amides is 1. The molecule has 0 saturated heterocycles. The van der Waals surface area contributed by atoms with Gasteiger partial charge in [0.2, 0.25) is 5.91 Å². The summed E-state index contributed by atoms with van der Waals surface area (Å²) in [6.45, 7) is 2.01. The van der Waals surface area contributed by atoms with Crippen LogP contribution in [0.1, 0.15) is 18.1 Å². The molecule has 5 nitrogen and oxygen atoms in total. The van der Waals surface area contributed by atoms with Crippen molar-refractivity contribution in [2.24, 2.45) is 0 Å². The Morgan fingerprint density at radius 2 is 1.88 bits per heavy atom. The Balaban J connectivity index is 1.76.